The van der Waals surface area contributed by atoms with Crippen molar-refractivity contribution in [2.24, 2.45) is 0 Å². The number of hydrogen-bond donors (Lipinski definition) is 2. The summed E-state index contributed by atoms with van der Waals surface area (Å²) < 4.78 is 11.9. The van der Waals surface area contributed by atoms with E-state index in [1.807, 2.05) is 45.0 Å². The Hall–Kier alpha value is -1.08. The molecule has 0 fully saturated rings. The van der Waals surface area contributed by atoms with Crippen molar-refractivity contribution < 1.29 is 19.1 Å². The highest BCUT2D eigenvalue weighted by molar-refractivity contribution is 6.74. The van der Waals surface area contributed by atoms with Crippen LogP contribution in [0.2, 0.25) is 23.2 Å². The highest BCUT2D eigenvalue weighted by Gasteiger charge is 2.41. The average molecular weight is 430 g/mol. The van der Waals surface area contributed by atoms with Gasteiger partial charge in [-0.1, -0.05) is 44.5 Å². The Morgan fingerprint density at radius 2 is 1.68 bits per heavy atom. The summed E-state index contributed by atoms with van der Waals surface area (Å²) in [6, 6.07) is 7.00. The first-order valence-electron chi connectivity index (χ1n) is 9.67. The van der Waals surface area contributed by atoms with E-state index in [2.05, 4.69) is 39.2 Å². The number of aliphatic hydroxyl groups excluding tert-OH is 1. The van der Waals surface area contributed by atoms with Gasteiger partial charge in [-0.15, -0.1) is 0 Å². The lowest BCUT2D eigenvalue weighted by molar-refractivity contribution is 0.0350. The summed E-state index contributed by atoms with van der Waals surface area (Å²) in [7, 11) is -2.15. The number of hydrogen-bond acceptors (Lipinski definition) is 4. The highest BCUT2D eigenvalue weighted by atomic mass is 35.5. The number of carbonyl (C=O) groups excluding carboxylic acids is 1. The molecule has 5 nitrogen and oxygen atoms in total. The Morgan fingerprint density at radius 1 is 1.14 bits per heavy atom. The molecule has 0 aliphatic heterocycles. The highest BCUT2D eigenvalue weighted by Crippen LogP contribution is 2.37. The van der Waals surface area contributed by atoms with Crippen LogP contribution in [0.15, 0.2) is 24.3 Å². The van der Waals surface area contributed by atoms with Crippen LogP contribution in [0.25, 0.3) is 0 Å². The third-order valence-corrected chi connectivity index (χ3v) is 9.71. The molecule has 28 heavy (non-hydrogen) atoms. The fraction of sp³-hybridized carbons (Fsp3) is 0.667. The van der Waals surface area contributed by atoms with Gasteiger partial charge in [0, 0.05) is 5.02 Å². The van der Waals surface area contributed by atoms with Gasteiger partial charge >= 0.3 is 6.09 Å². The first-order chi connectivity index (χ1) is 12.6. The van der Waals surface area contributed by atoms with Crippen molar-refractivity contribution in [3.05, 3.63) is 34.9 Å². The van der Waals surface area contributed by atoms with E-state index in [0.717, 1.165) is 5.56 Å². The molecule has 0 saturated carbocycles. The molecule has 0 spiro atoms. The van der Waals surface area contributed by atoms with Crippen LogP contribution in [0.4, 0.5) is 4.79 Å². The molecule has 0 heterocycles. The molecular weight excluding hydrogens is 394 g/mol. The number of benzene rings is 1. The normalized spacial score (nSPS) is 15.1. The van der Waals surface area contributed by atoms with Crippen molar-refractivity contribution in [2.75, 3.05) is 6.61 Å². The lowest BCUT2D eigenvalue weighted by atomic mass is 10.0. The quantitative estimate of drug-likeness (QED) is 0.587. The monoisotopic (exact) mass is 429 g/mol. The molecule has 1 amide bonds. The zero-order valence-corrected chi connectivity index (χ0v) is 20.2. The Balaban J connectivity index is 3.08. The molecule has 0 saturated heterocycles. The molecule has 0 bridgehead atoms. The first kappa shape index (κ1) is 25.0. The number of aliphatic hydroxyl groups is 1. The van der Waals surface area contributed by atoms with Crippen molar-refractivity contribution in [3.8, 4) is 0 Å². The van der Waals surface area contributed by atoms with Gasteiger partial charge in [0.15, 0.2) is 8.32 Å². The standard InChI is InChI=1S/C21H36ClNO4Si/c1-20(2,3)26-19(25)23-17(13-15-9-11-16(22)12-10-15)18(14-24)27-28(7,8)21(4,5)6/h9-12,17-18,24H,13-14H2,1-8H3,(H,23,25)/t17-,18+/m0/s1. The molecular formula is C21H36ClNO4Si. The lowest BCUT2D eigenvalue weighted by Gasteiger charge is -2.41. The summed E-state index contributed by atoms with van der Waals surface area (Å²) in [5.41, 5.74) is 0.381. The number of nitrogens with one attached hydrogen (secondary N) is 1. The fourth-order valence-corrected chi connectivity index (χ4v) is 3.89. The van der Waals surface area contributed by atoms with Gasteiger partial charge < -0.3 is 19.6 Å². The van der Waals surface area contributed by atoms with E-state index >= 15 is 0 Å². The van der Waals surface area contributed by atoms with E-state index in [1.54, 1.807) is 0 Å². The van der Waals surface area contributed by atoms with Crippen LogP contribution in [0.3, 0.4) is 0 Å². The Labute approximate surface area is 175 Å². The summed E-state index contributed by atoms with van der Waals surface area (Å²) in [4.78, 5) is 12.4. The van der Waals surface area contributed by atoms with Gasteiger partial charge in [0.05, 0.1) is 18.8 Å². The summed E-state index contributed by atoms with van der Waals surface area (Å²) in [6.45, 7) is 15.9. The minimum atomic E-state index is -2.15. The van der Waals surface area contributed by atoms with E-state index in [0.29, 0.717) is 11.4 Å². The van der Waals surface area contributed by atoms with E-state index in [-0.39, 0.29) is 11.6 Å². The van der Waals surface area contributed by atoms with Crippen LogP contribution in [0, 0.1) is 0 Å². The van der Waals surface area contributed by atoms with Gasteiger partial charge in [-0.25, -0.2) is 4.79 Å². The third kappa shape index (κ3) is 8.11. The Morgan fingerprint density at radius 3 is 2.11 bits per heavy atom. The minimum Gasteiger partial charge on any atom is -0.444 e. The maximum Gasteiger partial charge on any atom is 0.407 e. The van der Waals surface area contributed by atoms with Gasteiger partial charge in [-0.2, -0.15) is 0 Å². The number of halogens is 1. The number of alkyl carbamates (subject to hydrolysis) is 1. The summed E-state index contributed by atoms with van der Waals surface area (Å²) in [5.74, 6) is 0. The molecule has 1 aromatic rings. The zero-order chi connectivity index (χ0) is 21.8. The molecule has 160 valence electrons. The first-order valence-corrected chi connectivity index (χ1v) is 13.0. The average Bonchev–Trinajstić information content (AvgIpc) is 2.51. The second kappa shape index (κ2) is 9.61. The van der Waals surface area contributed by atoms with Crippen LogP contribution < -0.4 is 5.32 Å². The SMILES string of the molecule is CC(C)(C)OC(=O)N[C@@H](Cc1ccc(Cl)cc1)[C@@H](CO)O[Si](C)(C)C(C)(C)C. The predicted molar refractivity (Wildman–Crippen MR) is 117 cm³/mol. The maximum absolute atomic E-state index is 12.4. The zero-order valence-electron chi connectivity index (χ0n) is 18.4. The van der Waals surface area contributed by atoms with Crippen molar-refractivity contribution in [1.82, 2.24) is 5.32 Å². The smallest absolute Gasteiger partial charge is 0.407 e. The molecule has 0 unspecified atom stereocenters. The minimum absolute atomic E-state index is 0.0167. The molecule has 0 aliphatic rings. The number of amides is 1. The maximum atomic E-state index is 12.4. The van der Waals surface area contributed by atoms with Crippen LogP contribution in [0.1, 0.15) is 47.1 Å². The van der Waals surface area contributed by atoms with Gasteiger partial charge in [0.1, 0.15) is 5.60 Å². The molecule has 2 N–H and O–H groups in total. The molecule has 2 atom stereocenters. The van der Waals surface area contributed by atoms with E-state index in [1.165, 1.54) is 0 Å². The topological polar surface area (TPSA) is 67.8 Å². The molecule has 0 aliphatic carbocycles. The van der Waals surface area contributed by atoms with Crippen LogP contribution in [0.5, 0.6) is 0 Å². The van der Waals surface area contributed by atoms with Gasteiger partial charge in [-0.05, 0) is 63.0 Å². The number of rotatable bonds is 7. The van der Waals surface area contributed by atoms with E-state index < -0.39 is 32.2 Å². The number of ether oxygens (including phenoxy) is 1. The van der Waals surface area contributed by atoms with Crippen molar-refractivity contribution in [1.29, 1.82) is 0 Å². The van der Waals surface area contributed by atoms with Gasteiger partial charge in [0.2, 0.25) is 0 Å². The second-order valence-corrected chi connectivity index (χ2v) is 14.9. The molecule has 1 aromatic carbocycles. The molecule has 0 radical (unpaired) electrons. The lowest BCUT2D eigenvalue weighted by Crippen LogP contribution is -2.54. The van der Waals surface area contributed by atoms with Crippen LogP contribution >= 0.6 is 11.6 Å². The van der Waals surface area contributed by atoms with Crippen LogP contribution in [-0.2, 0) is 15.6 Å². The molecule has 7 heteroatoms. The van der Waals surface area contributed by atoms with E-state index in [9.17, 15) is 9.90 Å². The second-order valence-electron chi connectivity index (χ2n) is 9.68. The van der Waals surface area contributed by atoms with Crippen molar-refractivity contribution in [2.45, 2.75) is 83.8 Å². The largest absolute Gasteiger partial charge is 0.444 e. The molecule has 1 rings (SSSR count). The van der Waals surface area contributed by atoms with Crippen molar-refractivity contribution >= 4 is 26.0 Å². The summed E-state index contributed by atoms with van der Waals surface area (Å²) >= 11 is 5.98. The van der Waals surface area contributed by atoms with E-state index in [4.69, 9.17) is 20.8 Å². The Kier molecular flexibility index (Phi) is 8.57. The van der Waals surface area contributed by atoms with Crippen LogP contribution in [-0.4, -0.2) is 43.9 Å². The predicted octanol–water partition coefficient (Wildman–Crippen LogP) is 5.16. The van der Waals surface area contributed by atoms with Gasteiger partial charge in [-0.3, -0.25) is 0 Å². The Bertz CT molecular complexity index is 635. The summed E-state index contributed by atoms with van der Waals surface area (Å²) in [5, 5.41) is 13.6. The number of carbonyl (C=O) groups is 1. The van der Waals surface area contributed by atoms with Crippen molar-refractivity contribution in [3.63, 3.8) is 0 Å². The molecule has 0 aromatic heterocycles. The van der Waals surface area contributed by atoms with Gasteiger partial charge in [0.25, 0.3) is 0 Å². The summed E-state index contributed by atoms with van der Waals surface area (Å²) in [6.07, 6.45) is -0.566. The fourth-order valence-electron chi connectivity index (χ4n) is 2.41. The third-order valence-electron chi connectivity index (χ3n) is 4.95.